The molecule has 0 aliphatic carbocycles. The number of allylic oxidation sites excluding steroid dienone is 4. The van der Waals surface area contributed by atoms with Crippen LogP contribution in [0.1, 0.15) is 9.75 Å². The predicted octanol–water partition coefficient (Wildman–Crippen LogP) is 7.56. The van der Waals surface area contributed by atoms with Crippen molar-refractivity contribution in [3.63, 3.8) is 0 Å². The molecule has 0 spiro atoms. The number of anilines is 2. The Bertz CT molecular complexity index is 1230. The largest absolute Gasteiger partial charge is 0.341 e. The molecular formula is C23H17Cl2N3S. The van der Waals surface area contributed by atoms with Crippen LogP contribution in [0.3, 0.4) is 0 Å². The normalized spacial score (nSPS) is 14.3. The number of nitrogens with one attached hydrogen (secondary N) is 1. The highest BCUT2D eigenvalue weighted by atomic mass is 35.5. The summed E-state index contributed by atoms with van der Waals surface area (Å²) in [5, 5.41) is 6.28. The lowest BCUT2D eigenvalue weighted by atomic mass is 10.1. The maximum atomic E-state index is 6.32. The highest BCUT2D eigenvalue weighted by molar-refractivity contribution is 7.15. The zero-order chi connectivity index (χ0) is 20.7. The van der Waals surface area contributed by atoms with Crippen molar-refractivity contribution in [1.82, 2.24) is 4.98 Å². The van der Waals surface area contributed by atoms with E-state index >= 15 is 0 Å². The summed E-state index contributed by atoms with van der Waals surface area (Å²) in [5.74, 6) is 0.690. The van der Waals surface area contributed by atoms with Gasteiger partial charge in [0.2, 0.25) is 0 Å². The van der Waals surface area contributed by atoms with Crippen LogP contribution in [0.25, 0.3) is 22.0 Å². The van der Waals surface area contributed by atoms with Gasteiger partial charge in [-0.1, -0.05) is 79.9 Å². The molecule has 3 heterocycles. The summed E-state index contributed by atoms with van der Waals surface area (Å²) in [6.45, 7) is 16.1. The second-order valence-corrected chi connectivity index (χ2v) is 8.33. The fourth-order valence-electron chi connectivity index (χ4n) is 3.35. The van der Waals surface area contributed by atoms with E-state index in [4.69, 9.17) is 23.2 Å². The number of hydrogen-bond acceptors (Lipinski definition) is 4. The Morgan fingerprint density at radius 3 is 2.66 bits per heavy atom. The van der Waals surface area contributed by atoms with Crippen LogP contribution in [0.5, 0.6) is 0 Å². The van der Waals surface area contributed by atoms with Crippen molar-refractivity contribution in [3.8, 4) is 0 Å². The molecule has 0 unspecified atom stereocenters. The number of nitrogens with zero attached hydrogens (tertiary/aromatic N) is 2. The van der Waals surface area contributed by atoms with Gasteiger partial charge in [-0.2, -0.15) is 0 Å². The van der Waals surface area contributed by atoms with Crippen molar-refractivity contribution < 1.29 is 0 Å². The minimum atomic E-state index is 0.355. The minimum Gasteiger partial charge on any atom is -0.341 e. The van der Waals surface area contributed by atoms with Crippen LogP contribution >= 0.6 is 34.5 Å². The molecule has 0 atom stereocenters. The van der Waals surface area contributed by atoms with Crippen molar-refractivity contribution in [3.05, 3.63) is 101 Å². The SMILES string of the molecule is C=C/C(Cl)=C(\C(=C)Cl)c1cc2c(s1)C(=C)N(c1cncc3ccccc13)C(=C)N2. The van der Waals surface area contributed by atoms with Gasteiger partial charge in [0.15, 0.2) is 0 Å². The number of thiophene rings is 1. The first-order valence-electron chi connectivity index (χ1n) is 8.71. The summed E-state index contributed by atoms with van der Waals surface area (Å²) in [5.41, 5.74) is 3.26. The molecule has 0 saturated heterocycles. The van der Waals surface area contributed by atoms with Crippen molar-refractivity contribution in [2.45, 2.75) is 0 Å². The number of pyridine rings is 1. The fourth-order valence-corrected chi connectivity index (χ4v) is 5.09. The lowest BCUT2D eigenvalue weighted by Gasteiger charge is -2.33. The van der Waals surface area contributed by atoms with Crippen LogP contribution in [0.2, 0.25) is 0 Å². The molecule has 29 heavy (non-hydrogen) atoms. The monoisotopic (exact) mass is 437 g/mol. The maximum absolute atomic E-state index is 6.32. The quantitative estimate of drug-likeness (QED) is 0.426. The molecule has 0 amide bonds. The standard InChI is InChI=1S/C23H17Cl2N3S/c1-5-18(25)22(13(2)24)21-10-19-23(29-21)14(3)28(15(4)27-19)20-12-26-11-16-8-6-7-9-17(16)20/h5-12,27H,1-4H2/b22-18-. The van der Waals surface area contributed by atoms with E-state index < -0.39 is 0 Å². The first-order chi connectivity index (χ1) is 13.9. The first-order valence-corrected chi connectivity index (χ1v) is 10.3. The molecule has 1 aliphatic rings. The Kier molecular flexibility index (Phi) is 5.09. The Balaban J connectivity index is 1.84. The van der Waals surface area contributed by atoms with E-state index in [-0.39, 0.29) is 0 Å². The van der Waals surface area contributed by atoms with Crippen LogP contribution in [0.4, 0.5) is 11.4 Å². The van der Waals surface area contributed by atoms with Crippen LogP contribution < -0.4 is 10.2 Å². The lowest BCUT2D eigenvalue weighted by Crippen LogP contribution is -2.28. The average molecular weight is 438 g/mol. The van der Waals surface area contributed by atoms with E-state index in [1.165, 1.54) is 11.3 Å². The van der Waals surface area contributed by atoms with Crippen molar-refractivity contribution in [2.75, 3.05) is 10.2 Å². The van der Waals surface area contributed by atoms with E-state index in [9.17, 15) is 0 Å². The summed E-state index contributed by atoms with van der Waals surface area (Å²) in [6, 6.07) is 10.1. The van der Waals surface area contributed by atoms with Crippen molar-refractivity contribution >= 4 is 68.0 Å². The average Bonchev–Trinajstić information content (AvgIpc) is 3.11. The molecule has 1 aromatic carbocycles. The third-order valence-electron chi connectivity index (χ3n) is 4.64. The van der Waals surface area contributed by atoms with Crippen molar-refractivity contribution in [1.29, 1.82) is 0 Å². The highest BCUT2D eigenvalue weighted by Crippen LogP contribution is 2.47. The van der Waals surface area contributed by atoms with Gasteiger partial charge >= 0.3 is 0 Å². The smallest absolute Gasteiger partial charge is 0.108 e. The zero-order valence-corrected chi connectivity index (χ0v) is 17.8. The number of rotatable bonds is 4. The number of hydrogen-bond donors (Lipinski definition) is 1. The van der Waals surface area contributed by atoms with Gasteiger partial charge < -0.3 is 5.32 Å². The molecule has 4 rings (SSSR count). The Morgan fingerprint density at radius 1 is 1.17 bits per heavy atom. The summed E-state index contributed by atoms with van der Waals surface area (Å²) < 4.78 is 0. The van der Waals surface area contributed by atoms with Gasteiger partial charge in [0.1, 0.15) is 5.82 Å². The number of benzene rings is 1. The molecule has 3 aromatic rings. The topological polar surface area (TPSA) is 28.2 Å². The lowest BCUT2D eigenvalue weighted by molar-refractivity contribution is 1.16. The number of halogens is 2. The van der Waals surface area contributed by atoms with Crippen LogP contribution in [-0.4, -0.2) is 4.98 Å². The van der Waals surface area contributed by atoms with Gasteiger partial charge in [0.05, 0.1) is 33.2 Å². The molecule has 144 valence electrons. The fraction of sp³-hybridized carbons (Fsp3) is 0. The van der Waals surface area contributed by atoms with E-state index in [0.29, 0.717) is 21.5 Å². The minimum absolute atomic E-state index is 0.355. The van der Waals surface area contributed by atoms with Gasteiger partial charge in [-0.15, -0.1) is 11.3 Å². The third kappa shape index (κ3) is 3.29. The zero-order valence-electron chi connectivity index (χ0n) is 15.5. The van der Waals surface area contributed by atoms with Crippen LogP contribution in [-0.2, 0) is 0 Å². The molecule has 1 N–H and O–H groups in total. The van der Waals surface area contributed by atoms with E-state index in [2.05, 4.69) is 42.7 Å². The molecule has 2 aromatic heterocycles. The molecule has 0 saturated carbocycles. The van der Waals surface area contributed by atoms with E-state index in [1.54, 1.807) is 6.08 Å². The second-order valence-electron chi connectivity index (χ2n) is 6.42. The van der Waals surface area contributed by atoms with Gasteiger partial charge in [0, 0.05) is 32.5 Å². The third-order valence-corrected chi connectivity index (χ3v) is 6.37. The highest BCUT2D eigenvalue weighted by Gasteiger charge is 2.28. The van der Waals surface area contributed by atoms with E-state index in [1.807, 2.05) is 41.6 Å². The molecule has 0 bridgehead atoms. The first kappa shape index (κ1) is 19.5. The molecule has 6 heteroatoms. The molecule has 3 nitrogen and oxygen atoms in total. The molecule has 0 fully saturated rings. The van der Waals surface area contributed by atoms with Gasteiger partial charge in [-0.25, -0.2) is 0 Å². The molecule has 1 aliphatic heterocycles. The van der Waals surface area contributed by atoms with Crippen molar-refractivity contribution in [2.24, 2.45) is 0 Å². The van der Waals surface area contributed by atoms with Crippen LogP contribution in [0.15, 0.2) is 91.0 Å². The second kappa shape index (κ2) is 7.56. The summed E-state index contributed by atoms with van der Waals surface area (Å²) in [6.07, 6.45) is 5.22. The Morgan fingerprint density at radius 2 is 1.93 bits per heavy atom. The molecular weight excluding hydrogens is 421 g/mol. The van der Waals surface area contributed by atoms with E-state index in [0.717, 1.165) is 37.6 Å². The summed E-state index contributed by atoms with van der Waals surface area (Å²) in [7, 11) is 0. The Labute approximate surface area is 183 Å². The number of aromatic nitrogens is 1. The van der Waals surface area contributed by atoms with Crippen LogP contribution in [0, 0.1) is 0 Å². The summed E-state index contributed by atoms with van der Waals surface area (Å²) >= 11 is 14.1. The molecule has 0 radical (unpaired) electrons. The Hall–Kier alpha value is -2.79. The van der Waals surface area contributed by atoms with Gasteiger partial charge in [0.25, 0.3) is 0 Å². The van der Waals surface area contributed by atoms with Gasteiger partial charge in [-0.05, 0) is 6.07 Å². The van der Waals surface area contributed by atoms with Gasteiger partial charge in [-0.3, -0.25) is 9.88 Å². The predicted molar refractivity (Wildman–Crippen MR) is 128 cm³/mol. The summed E-state index contributed by atoms with van der Waals surface area (Å²) in [4.78, 5) is 8.21. The maximum Gasteiger partial charge on any atom is 0.108 e. The number of fused-ring (bicyclic) bond motifs is 2.